The van der Waals surface area contributed by atoms with Crippen molar-refractivity contribution >= 4 is 5.91 Å². The van der Waals surface area contributed by atoms with E-state index in [0.717, 1.165) is 24.1 Å². The minimum absolute atomic E-state index is 0.0245. The Bertz CT molecular complexity index is 790. The molecule has 0 aliphatic heterocycles. The second-order valence-electron chi connectivity index (χ2n) is 8.54. The number of ether oxygens (including phenoxy) is 1. The molecule has 5 heteroatoms. The molecule has 1 unspecified atom stereocenters. The van der Waals surface area contributed by atoms with Gasteiger partial charge in [0.1, 0.15) is 6.10 Å². The number of amides is 1. The third kappa shape index (κ3) is 7.17. The normalized spacial score (nSPS) is 16.6. The van der Waals surface area contributed by atoms with Crippen molar-refractivity contribution in [2.75, 3.05) is 26.7 Å². The second kappa shape index (κ2) is 12.6. The highest BCUT2D eigenvalue weighted by molar-refractivity contribution is 5.94. The van der Waals surface area contributed by atoms with Crippen molar-refractivity contribution in [2.24, 2.45) is 11.7 Å². The molecule has 0 aromatic heterocycles. The Labute approximate surface area is 186 Å². The lowest BCUT2D eigenvalue weighted by molar-refractivity contribution is 0.0861. The summed E-state index contributed by atoms with van der Waals surface area (Å²) in [4.78, 5) is 13.1. The maximum Gasteiger partial charge on any atom is 0.251 e. The van der Waals surface area contributed by atoms with Gasteiger partial charge in [-0.05, 0) is 42.6 Å². The third-order valence-electron chi connectivity index (χ3n) is 6.08. The fourth-order valence-electron chi connectivity index (χ4n) is 4.58. The van der Waals surface area contributed by atoms with Crippen molar-refractivity contribution in [2.45, 2.75) is 50.7 Å². The van der Waals surface area contributed by atoms with Crippen LogP contribution in [0.2, 0.25) is 0 Å². The summed E-state index contributed by atoms with van der Waals surface area (Å²) in [5, 5.41) is 6.51. The maximum absolute atomic E-state index is 13.1. The van der Waals surface area contributed by atoms with E-state index >= 15 is 0 Å². The van der Waals surface area contributed by atoms with Crippen molar-refractivity contribution < 1.29 is 9.53 Å². The molecule has 2 aromatic rings. The van der Waals surface area contributed by atoms with Crippen LogP contribution in [-0.4, -0.2) is 38.7 Å². The van der Waals surface area contributed by atoms with E-state index in [1.165, 1.54) is 32.1 Å². The summed E-state index contributed by atoms with van der Waals surface area (Å²) in [6, 6.07) is 18.0. The van der Waals surface area contributed by atoms with Gasteiger partial charge in [0.15, 0.2) is 0 Å². The first-order chi connectivity index (χ1) is 15.2. The van der Waals surface area contributed by atoms with Crippen LogP contribution in [0.5, 0.6) is 0 Å². The van der Waals surface area contributed by atoms with Crippen LogP contribution >= 0.6 is 0 Å². The lowest BCUT2D eigenvalue weighted by Crippen LogP contribution is -2.42. The molecule has 4 N–H and O–H groups in total. The quantitative estimate of drug-likeness (QED) is 0.510. The van der Waals surface area contributed by atoms with E-state index < -0.39 is 0 Å². The summed E-state index contributed by atoms with van der Waals surface area (Å²) < 4.78 is 6.05. The van der Waals surface area contributed by atoms with Crippen LogP contribution in [-0.2, 0) is 4.74 Å². The molecular weight excluding hydrogens is 386 g/mol. The number of nitrogens with two attached hydrogens (primary N) is 1. The molecule has 1 aliphatic carbocycles. The number of benzene rings is 2. The number of hydrogen-bond donors (Lipinski definition) is 3. The molecular formula is C26H37N3O2. The molecule has 0 radical (unpaired) electrons. The molecule has 1 fully saturated rings. The Morgan fingerprint density at radius 2 is 1.81 bits per heavy atom. The summed E-state index contributed by atoms with van der Waals surface area (Å²) in [7, 11) is 1.94. The van der Waals surface area contributed by atoms with Gasteiger partial charge in [0, 0.05) is 24.7 Å². The number of hydrogen-bond acceptors (Lipinski definition) is 4. The molecule has 1 amide bonds. The van der Waals surface area contributed by atoms with Gasteiger partial charge in [0.05, 0.1) is 6.61 Å². The third-order valence-corrected chi connectivity index (χ3v) is 6.08. The first-order valence-electron chi connectivity index (χ1n) is 11.6. The molecule has 2 atom stereocenters. The molecule has 0 spiro atoms. The van der Waals surface area contributed by atoms with Gasteiger partial charge in [0.2, 0.25) is 0 Å². The topological polar surface area (TPSA) is 76.4 Å². The molecule has 0 heterocycles. The van der Waals surface area contributed by atoms with Gasteiger partial charge in [-0.3, -0.25) is 4.79 Å². The number of likely N-dealkylation sites (N-methyl/N-ethyl adjacent to an activating group) is 1. The smallest absolute Gasteiger partial charge is 0.251 e. The average Bonchev–Trinajstić information content (AvgIpc) is 2.81. The Morgan fingerprint density at radius 3 is 2.52 bits per heavy atom. The van der Waals surface area contributed by atoms with Crippen molar-refractivity contribution in [3.8, 4) is 0 Å². The highest BCUT2D eigenvalue weighted by Gasteiger charge is 2.21. The molecule has 168 valence electrons. The molecule has 5 nitrogen and oxygen atoms in total. The van der Waals surface area contributed by atoms with Crippen LogP contribution in [0.4, 0.5) is 0 Å². The highest BCUT2D eigenvalue weighted by atomic mass is 16.5. The molecule has 1 saturated carbocycles. The Morgan fingerprint density at radius 1 is 1.06 bits per heavy atom. The summed E-state index contributed by atoms with van der Waals surface area (Å²) in [6.07, 6.45) is 7.34. The Balaban J connectivity index is 1.72. The molecule has 0 saturated heterocycles. The summed E-state index contributed by atoms with van der Waals surface area (Å²) >= 11 is 0. The van der Waals surface area contributed by atoms with E-state index in [1.807, 2.05) is 61.6 Å². The van der Waals surface area contributed by atoms with E-state index in [1.54, 1.807) is 0 Å². The average molecular weight is 424 g/mol. The maximum atomic E-state index is 13.1. The number of carbonyl (C=O) groups is 1. The fourth-order valence-corrected chi connectivity index (χ4v) is 4.58. The zero-order valence-corrected chi connectivity index (χ0v) is 18.7. The summed E-state index contributed by atoms with van der Waals surface area (Å²) in [5.41, 5.74) is 8.36. The monoisotopic (exact) mass is 423 g/mol. The zero-order chi connectivity index (χ0) is 21.9. The van der Waals surface area contributed by atoms with Crippen LogP contribution in [0.15, 0.2) is 54.6 Å². The van der Waals surface area contributed by atoms with Crippen LogP contribution in [0.1, 0.15) is 66.1 Å². The van der Waals surface area contributed by atoms with E-state index in [-0.39, 0.29) is 18.1 Å². The fraction of sp³-hybridized carbons (Fsp3) is 0.500. The van der Waals surface area contributed by atoms with Crippen molar-refractivity contribution in [1.82, 2.24) is 10.6 Å². The molecule has 2 aromatic carbocycles. The molecule has 31 heavy (non-hydrogen) atoms. The van der Waals surface area contributed by atoms with Gasteiger partial charge in [-0.15, -0.1) is 0 Å². The van der Waals surface area contributed by atoms with Gasteiger partial charge in [-0.1, -0.05) is 74.6 Å². The lowest BCUT2D eigenvalue weighted by atomic mass is 9.84. The van der Waals surface area contributed by atoms with Crippen LogP contribution in [0, 0.1) is 5.92 Å². The Hall–Kier alpha value is -2.21. The number of nitrogens with one attached hydrogen (secondary N) is 2. The second-order valence-corrected chi connectivity index (χ2v) is 8.54. The highest BCUT2D eigenvalue weighted by Crippen LogP contribution is 2.28. The predicted molar refractivity (Wildman–Crippen MR) is 126 cm³/mol. The summed E-state index contributed by atoms with van der Waals surface area (Å²) in [5.74, 6) is 0.689. The van der Waals surface area contributed by atoms with Gasteiger partial charge in [0.25, 0.3) is 5.91 Å². The predicted octanol–water partition coefficient (Wildman–Crippen LogP) is 4.04. The zero-order valence-electron chi connectivity index (χ0n) is 18.7. The first-order valence-corrected chi connectivity index (χ1v) is 11.6. The number of carbonyl (C=O) groups excluding carboxylic acids is 1. The van der Waals surface area contributed by atoms with Gasteiger partial charge in [-0.2, -0.15) is 0 Å². The SMILES string of the molecule is CNC[C@H](CC1CCCCC1)NC(=O)c1cccc(C(OCCN)c2ccccc2)c1. The lowest BCUT2D eigenvalue weighted by Gasteiger charge is -2.27. The van der Waals surface area contributed by atoms with Crippen LogP contribution < -0.4 is 16.4 Å². The van der Waals surface area contributed by atoms with Gasteiger partial charge >= 0.3 is 0 Å². The first kappa shape index (κ1) is 23.5. The van der Waals surface area contributed by atoms with Crippen LogP contribution in [0.25, 0.3) is 0 Å². The van der Waals surface area contributed by atoms with Crippen molar-refractivity contribution in [3.63, 3.8) is 0 Å². The minimum Gasteiger partial charge on any atom is -0.367 e. The van der Waals surface area contributed by atoms with Gasteiger partial charge in [-0.25, -0.2) is 0 Å². The van der Waals surface area contributed by atoms with Gasteiger partial charge < -0.3 is 21.1 Å². The minimum atomic E-state index is -0.243. The largest absolute Gasteiger partial charge is 0.367 e. The molecule has 3 rings (SSSR count). The Kier molecular flexibility index (Phi) is 9.53. The molecule has 0 bridgehead atoms. The van der Waals surface area contributed by atoms with Crippen molar-refractivity contribution in [3.05, 3.63) is 71.3 Å². The van der Waals surface area contributed by atoms with E-state index in [4.69, 9.17) is 10.5 Å². The summed E-state index contributed by atoms with van der Waals surface area (Å²) in [6.45, 7) is 1.70. The van der Waals surface area contributed by atoms with E-state index in [9.17, 15) is 4.79 Å². The number of rotatable bonds is 11. The van der Waals surface area contributed by atoms with Crippen molar-refractivity contribution in [1.29, 1.82) is 0 Å². The van der Waals surface area contributed by atoms with Crippen LogP contribution in [0.3, 0.4) is 0 Å². The molecule has 1 aliphatic rings. The van der Waals surface area contributed by atoms with E-state index in [0.29, 0.717) is 24.6 Å². The standard InChI is InChI=1S/C26H37N3O2/c1-28-19-24(17-20-9-4-2-5-10-20)29-26(30)23-14-8-13-22(18-23)25(31-16-15-27)21-11-6-3-7-12-21/h3,6-8,11-14,18,20,24-25,28H,2,4-5,9-10,15-17,19,27H2,1H3,(H,29,30)/t24-,25?/m0/s1. The van der Waals surface area contributed by atoms with E-state index in [2.05, 4.69) is 10.6 Å².